The van der Waals surface area contributed by atoms with Crippen LogP contribution in [0.1, 0.15) is 31.4 Å². The van der Waals surface area contributed by atoms with Crippen LogP contribution in [-0.2, 0) is 11.2 Å². The Bertz CT molecular complexity index is 578. The third-order valence-corrected chi connectivity index (χ3v) is 3.36. The van der Waals surface area contributed by atoms with E-state index in [-0.39, 0.29) is 18.9 Å². The largest absolute Gasteiger partial charge is 0.480 e. The Morgan fingerprint density at radius 2 is 1.91 bits per heavy atom. The molecule has 0 aliphatic rings. The molecule has 0 aromatic heterocycles. The van der Waals surface area contributed by atoms with Crippen molar-refractivity contribution in [2.45, 2.75) is 32.7 Å². The maximum atomic E-state index is 11.4. The van der Waals surface area contributed by atoms with Crippen LogP contribution in [0.15, 0.2) is 24.3 Å². The molecule has 0 saturated heterocycles. The van der Waals surface area contributed by atoms with Crippen LogP contribution in [0.25, 0.3) is 0 Å². The predicted molar refractivity (Wildman–Crippen MR) is 80.5 cm³/mol. The molecule has 0 spiro atoms. The Kier molecular flexibility index (Phi) is 6.39. The number of amides is 1. The first-order valence-electron chi connectivity index (χ1n) is 7.07. The lowest BCUT2D eigenvalue weighted by Crippen LogP contribution is -2.46. The van der Waals surface area contributed by atoms with Gasteiger partial charge in [-0.25, -0.2) is 9.59 Å². The molecule has 1 aromatic carbocycles. The molecule has 0 aliphatic heterocycles. The van der Waals surface area contributed by atoms with Crippen molar-refractivity contribution in [1.29, 1.82) is 5.26 Å². The highest BCUT2D eigenvalue weighted by Gasteiger charge is 2.30. The fraction of sp³-hybridized carbons (Fsp3) is 0.438. The normalized spacial score (nSPS) is 11.7. The number of benzene rings is 1. The quantitative estimate of drug-likeness (QED) is 0.806. The second-order valence-corrected chi connectivity index (χ2v) is 5.48. The van der Waals surface area contributed by atoms with E-state index in [0.717, 1.165) is 4.90 Å². The van der Waals surface area contributed by atoms with Gasteiger partial charge >= 0.3 is 12.1 Å². The van der Waals surface area contributed by atoms with E-state index in [1.54, 1.807) is 24.3 Å². The summed E-state index contributed by atoms with van der Waals surface area (Å²) in [6, 6.07) is 7.88. The summed E-state index contributed by atoms with van der Waals surface area (Å²) in [5.41, 5.74) is 1.19. The van der Waals surface area contributed by atoms with E-state index in [1.165, 1.54) is 0 Å². The molecule has 118 valence electrons. The number of rotatable bonds is 7. The standard InChI is InChI=1S/C16H20N2O4/c1-11(2)9-14(15(19)20)18(16(21)22)8-7-12-5-3-4-6-13(12)10-17/h3-6,11,14H,7-9H2,1-2H3,(H,19,20)(H,21,22). The van der Waals surface area contributed by atoms with Crippen molar-refractivity contribution in [2.24, 2.45) is 5.92 Å². The van der Waals surface area contributed by atoms with E-state index in [4.69, 9.17) is 5.26 Å². The average Bonchev–Trinajstić information content (AvgIpc) is 2.45. The molecule has 0 aliphatic carbocycles. The van der Waals surface area contributed by atoms with Gasteiger partial charge in [0.15, 0.2) is 0 Å². The van der Waals surface area contributed by atoms with Gasteiger partial charge in [0.2, 0.25) is 0 Å². The zero-order valence-corrected chi connectivity index (χ0v) is 12.7. The number of nitrogens with zero attached hydrogens (tertiary/aromatic N) is 2. The molecular formula is C16H20N2O4. The smallest absolute Gasteiger partial charge is 0.408 e. The molecule has 1 aromatic rings. The van der Waals surface area contributed by atoms with Gasteiger partial charge in [-0.05, 0) is 30.4 Å². The molecule has 0 radical (unpaired) electrons. The van der Waals surface area contributed by atoms with Crippen LogP contribution in [0.5, 0.6) is 0 Å². The fourth-order valence-electron chi connectivity index (χ4n) is 2.28. The second-order valence-electron chi connectivity index (χ2n) is 5.48. The van der Waals surface area contributed by atoms with Crippen LogP contribution in [-0.4, -0.2) is 39.8 Å². The van der Waals surface area contributed by atoms with Crippen molar-refractivity contribution >= 4 is 12.1 Å². The Balaban J connectivity index is 2.90. The maximum absolute atomic E-state index is 11.4. The zero-order chi connectivity index (χ0) is 16.7. The number of carboxylic acid groups (broad SMARTS) is 2. The van der Waals surface area contributed by atoms with Gasteiger partial charge < -0.3 is 10.2 Å². The van der Waals surface area contributed by atoms with E-state index in [0.29, 0.717) is 17.5 Å². The number of aliphatic carboxylic acids is 1. The van der Waals surface area contributed by atoms with Crippen molar-refractivity contribution in [1.82, 2.24) is 4.90 Å². The summed E-state index contributed by atoms with van der Waals surface area (Å²) < 4.78 is 0. The third kappa shape index (κ3) is 4.77. The lowest BCUT2D eigenvalue weighted by molar-refractivity contribution is -0.143. The predicted octanol–water partition coefficient (Wildman–Crippen LogP) is 2.58. The van der Waals surface area contributed by atoms with Crippen LogP contribution in [0.4, 0.5) is 4.79 Å². The van der Waals surface area contributed by atoms with E-state index in [2.05, 4.69) is 6.07 Å². The van der Waals surface area contributed by atoms with Crippen molar-refractivity contribution < 1.29 is 19.8 Å². The van der Waals surface area contributed by atoms with E-state index in [9.17, 15) is 19.8 Å². The minimum atomic E-state index is -1.26. The van der Waals surface area contributed by atoms with E-state index >= 15 is 0 Å². The molecule has 1 unspecified atom stereocenters. The zero-order valence-electron chi connectivity index (χ0n) is 12.7. The van der Waals surface area contributed by atoms with Crippen LogP contribution in [0.3, 0.4) is 0 Å². The number of nitriles is 1. The molecule has 0 heterocycles. The lowest BCUT2D eigenvalue weighted by atomic mass is 10.0. The van der Waals surface area contributed by atoms with Gasteiger partial charge in [-0.3, -0.25) is 4.90 Å². The second kappa shape index (κ2) is 8.03. The summed E-state index contributed by atoms with van der Waals surface area (Å²) in [4.78, 5) is 23.7. The first-order valence-corrected chi connectivity index (χ1v) is 7.07. The summed E-state index contributed by atoms with van der Waals surface area (Å²) in [6.07, 6.45) is -0.707. The average molecular weight is 304 g/mol. The molecule has 1 atom stereocenters. The number of carboxylic acids is 1. The minimum absolute atomic E-state index is 0.0394. The Morgan fingerprint density at radius 3 is 2.41 bits per heavy atom. The van der Waals surface area contributed by atoms with Gasteiger partial charge in [0.25, 0.3) is 0 Å². The Hall–Kier alpha value is -2.55. The topological polar surface area (TPSA) is 102 Å². The van der Waals surface area contributed by atoms with Gasteiger partial charge in [0.1, 0.15) is 6.04 Å². The fourth-order valence-corrected chi connectivity index (χ4v) is 2.28. The molecule has 2 N–H and O–H groups in total. The highest BCUT2D eigenvalue weighted by atomic mass is 16.4. The first kappa shape index (κ1) is 17.5. The van der Waals surface area contributed by atoms with Gasteiger partial charge in [0, 0.05) is 6.54 Å². The number of hydrogen-bond donors (Lipinski definition) is 2. The first-order chi connectivity index (χ1) is 10.4. The van der Waals surface area contributed by atoms with E-state index < -0.39 is 18.1 Å². The molecule has 6 heteroatoms. The van der Waals surface area contributed by atoms with Gasteiger partial charge in [0.05, 0.1) is 11.6 Å². The lowest BCUT2D eigenvalue weighted by Gasteiger charge is -2.27. The van der Waals surface area contributed by atoms with Crippen molar-refractivity contribution in [2.75, 3.05) is 6.54 Å². The summed E-state index contributed by atoms with van der Waals surface area (Å²) in [5, 5.41) is 27.6. The Morgan fingerprint density at radius 1 is 1.27 bits per heavy atom. The highest BCUT2D eigenvalue weighted by molar-refractivity contribution is 5.79. The molecule has 0 fully saturated rings. The van der Waals surface area contributed by atoms with Crippen molar-refractivity contribution in [3.05, 3.63) is 35.4 Å². The molecule has 0 bridgehead atoms. The summed E-state index contributed by atoms with van der Waals surface area (Å²) >= 11 is 0. The number of carbonyl (C=O) groups is 2. The van der Waals surface area contributed by atoms with Crippen LogP contribution in [0, 0.1) is 17.2 Å². The SMILES string of the molecule is CC(C)CC(C(=O)O)N(CCc1ccccc1C#N)C(=O)O. The summed E-state index contributed by atoms with van der Waals surface area (Å²) in [6.45, 7) is 3.74. The van der Waals surface area contributed by atoms with Gasteiger partial charge in [-0.15, -0.1) is 0 Å². The van der Waals surface area contributed by atoms with Crippen molar-refractivity contribution in [3.8, 4) is 6.07 Å². The molecule has 22 heavy (non-hydrogen) atoms. The van der Waals surface area contributed by atoms with E-state index in [1.807, 2.05) is 13.8 Å². The highest BCUT2D eigenvalue weighted by Crippen LogP contribution is 2.15. The van der Waals surface area contributed by atoms with Gasteiger partial charge in [-0.2, -0.15) is 5.26 Å². The number of hydrogen-bond acceptors (Lipinski definition) is 3. The molecule has 6 nitrogen and oxygen atoms in total. The summed E-state index contributed by atoms with van der Waals surface area (Å²) in [7, 11) is 0. The molecule has 0 saturated carbocycles. The monoisotopic (exact) mass is 304 g/mol. The molecule has 1 rings (SSSR count). The minimum Gasteiger partial charge on any atom is -0.480 e. The van der Waals surface area contributed by atoms with Crippen molar-refractivity contribution in [3.63, 3.8) is 0 Å². The van der Waals surface area contributed by atoms with Gasteiger partial charge in [-0.1, -0.05) is 32.0 Å². The summed E-state index contributed by atoms with van der Waals surface area (Å²) in [5.74, 6) is -1.08. The van der Waals surface area contributed by atoms with Crippen LogP contribution < -0.4 is 0 Å². The Labute approximate surface area is 129 Å². The molecule has 1 amide bonds. The van der Waals surface area contributed by atoms with Crippen LogP contribution in [0.2, 0.25) is 0 Å². The maximum Gasteiger partial charge on any atom is 0.408 e. The molecular weight excluding hydrogens is 284 g/mol. The third-order valence-electron chi connectivity index (χ3n) is 3.36. The van der Waals surface area contributed by atoms with Crippen LogP contribution >= 0.6 is 0 Å².